The number of carboxylic acid groups (broad SMARTS) is 1. The number of thioether (sulfide) groups is 1. The highest BCUT2D eigenvalue weighted by Crippen LogP contribution is 2.33. The zero-order chi connectivity index (χ0) is 19.7. The second-order valence-corrected chi connectivity index (χ2v) is 7.54. The zero-order valence-corrected chi connectivity index (χ0v) is 15.5. The average Bonchev–Trinajstić information content (AvgIpc) is 3.14. The molecule has 3 heterocycles. The topological polar surface area (TPSA) is 183 Å². The molecule has 1 fully saturated rings. The van der Waals surface area contributed by atoms with Gasteiger partial charge in [0.1, 0.15) is 23.8 Å². The van der Waals surface area contributed by atoms with E-state index in [0.717, 1.165) is 0 Å². The standard InChI is InChI=1S/C14H19ClN6O5S/c15-14-19-10(17)7-11(20-14)21(4-18-7)12-9(23)8(22)6(26-12)3-27-2-1-5(16)13(24)25/h4-6,8-9,12,22-23H,1-3,16H2,(H,24,25)(H2,17,19,20)/t5?,6-,8+,9-,12-/m1/s1. The molecule has 1 aliphatic heterocycles. The van der Waals surface area contributed by atoms with E-state index in [0.29, 0.717) is 17.0 Å². The molecule has 5 atom stereocenters. The third-order valence-electron chi connectivity index (χ3n) is 4.20. The van der Waals surface area contributed by atoms with Gasteiger partial charge in [-0.05, 0) is 23.8 Å². The molecule has 13 heteroatoms. The highest BCUT2D eigenvalue weighted by molar-refractivity contribution is 7.99. The number of halogens is 1. The van der Waals surface area contributed by atoms with Gasteiger partial charge in [-0.3, -0.25) is 9.36 Å². The summed E-state index contributed by atoms with van der Waals surface area (Å²) in [6.07, 6.45) is -2.28. The zero-order valence-electron chi connectivity index (χ0n) is 14.0. The molecule has 0 aliphatic carbocycles. The van der Waals surface area contributed by atoms with Crippen LogP contribution < -0.4 is 11.5 Å². The molecule has 11 nitrogen and oxygen atoms in total. The normalized spacial score (nSPS) is 26.5. The number of aliphatic hydroxyl groups is 2. The lowest BCUT2D eigenvalue weighted by Crippen LogP contribution is -2.33. The van der Waals surface area contributed by atoms with Gasteiger partial charge < -0.3 is 31.5 Å². The lowest BCUT2D eigenvalue weighted by atomic mass is 10.1. The number of imidazole rings is 1. The molecule has 2 aromatic rings. The van der Waals surface area contributed by atoms with E-state index < -0.39 is 36.6 Å². The minimum atomic E-state index is -1.22. The predicted octanol–water partition coefficient (Wildman–Crippen LogP) is -0.784. The summed E-state index contributed by atoms with van der Waals surface area (Å²) in [7, 11) is 0. The van der Waals surface area contributed by atoms with Crippen molar-refractivity contribution in [1.29, 1.82) is 0 Å². The van der Waals surface area contributed by atoms with E-state index in [1.165, 1.54) is 22.7 Å². The molecule has 1 aliphatic rings. The maximum Gasteiger partial charge on any atom is 0.320 e. The van der Waals surface area contributed by atoms with E-state index in [4.69, 9.17) is 32.9 Å². The SMILES string of the molecule is Nc1nc(Cl)nc2c1ncn2[C@@H]1O[C@H](CSCCC(N)C(=O)O)[C@H](O)[C@H]1O. The summed E-state index contributed by atoms with van der Waals surface area (Å²) in [5, 5.41) is 29.4. The number of aliphatic hydroxyl groups excluding tert-OH is 2. The third kappa shape index (κ3) is 4.10. The highest BCUT2D eigenvalue weighted by Gasteiger charge is 2.44. The number of carboxylic acids is 1. The summed E-state index contributed by atoms with van der Waals surface area (Å²) in [6.45, 7) is 0. The van der Waals surface area contributed by atoms with Gasteiger partial charge in [0.15, 0.2) is 17.7 Å². The van der Waals surface area contributed by atoms with Crippen LogP contribution in [0.1, 0.15) is 12.6 Å². The smallest absolute Gasteiger partial charge is 0.320 e. The van der Waals surface area contributed by atoms with Crippen LogP contribution in [-0.4, -0.2) is 76.7 Å². The van der Waals surface area contributed by atoms with Crippen LogP contribution in [0.4, 0.5) is 5.82 Å². The van der Waals surface area contributed by atoms with E-state index in [-0.39, 0.29) is 23.2 Å². The number of fused-ring (bicyclic) bond motifs is 1. The molecule has 27 heavy (non-hydrogen) atoms. The number of nitrogens with two attached hydrogens (primary N) is 2. The molecule has 0 aromatic carbocycles. The van der Waals surface area contributed by atoms with E-state index in [1.807, 2.05) is 0 Å². The summed E-state index contributed by atoms with van der Waals surface area (Å²) >= 11 is 7.21. The van der Waals surface area contributed by atoms with Gasteiger partial charge >= 0.3 is 5.97 Å². The van der Waals surface area contributed by atoms with Crippen LogP contribution in [0.15, 0.2) is 6.33 Å². The Morgan fingerprint density at radius 2 is 2.15 bits per heavy atom. The summed E-state index contributed by atoms with van der Waals surface area (Å²) in [5.74, 6) is -0.131. The van der Waals surface area contributed by atoms with Crippen LogP contribution in [0, 0.1) is 0 Å². The molecule has 1 unspecified atom stereocenters. The Kier molecular flexibility index (Phi) is 6.03. The lowest BCUT2D eigenvalue weighted by molar-refractivity contribution is -0.138. The molecule has 0 radical (unpaired) electrons. The van der Waals surface area contributed by atoms with Crippen molar-refractivity contribution in [2.24, 2.45) is 5.73 Å². The number of carbonyl (C=O) groups is 1. The molecule has 0 spiro atoms. The van der Waals surface area contributed by atoms with E-state index >= 15 is 0 Å². The molecule has 0 amide bonds. The number of rotatable bonds is 7. The molecule has 148 valence electrons. The Balaban J connectivity index is 1.68. The van der Waals surface area contributed by atoms with Crippen molar-refractivity contribution in [3.63, 3.8) is 0 Å². The van der Waals surface area contributed by atoms with Crippen molar-refractivity contribution >= 4 is 46.3 Å². The Morgan fingerprint density at radius 1 is 1.41 bits per heavy atom. The van der Waals surface area contributed by atoms with Gasteiger partial charge in [0.2, 0.25) is 5.28 Å². The number of aliphatic carboxylic acids is 1. The van der Waals surface area contributed by atoms with E-state index in [9.17, 15) is 15.0 Å². The van der Waals surface area contributed by atoms with Crippen LogP contribution >= 0.6 is 23.4 Å². The molecule has 2 aromatic heterocycles. The van der Waals surface area contributed by atoms with Crippen LogP contribution in [0.2, 0.25) is 5.28 Å². The second kappa shape index (κ2) is 8.12. The molecular formula is C14H19ClN6O5S. The fourth-order valence-corrected chi connectivity index (χ4v) is 3.99. The number of anilines is 1. The summed E-state index contributed by atoms with van der Waals surface area (Å²) in [6, 6.07) is -0.933. The third-order valence-corrected chi connectivity index (χ3v) is 5.46. The molecule has 3 rings (SSSR count). The molecular weight excluding hydrogens is 400 g/mol. The van der Waals surface area contributed by atoms with Crippen LogP contribution in [-0.2, 0) is 9.53 Å². The van der Waals surface area contributed by atoms with Crippen molar-refractivity contribution in [1.82, 2.24) is 19.5 Å². The first-order valence-corrected chi connectivity index (χ1v) is 9.56. The van der Waals surface area contributed by atoms with Crippen molar-refractivity contribution in [3.8, 4) is 0 Å². The Hall–Kier alpha value is -1.70. The average molecular weight is 419 g/mol. The lowest BCUT2D eigenvalue weighted by Gasteiger charge is -2.16. The number of hydrogen-bond donors (Lipinski definition) is 5. The first-order valence-electron chi connectivity index (χ1n) is 8.03. The quantitative estimate of drug-likeness (QED) is 0.280. The maximum absolute atomic E-state index is 10.7. The fourth-order valence-electron chi connectivity index (χ4n) is 2.73. The van der Waals surface area contributed by atoms with Gasteiger partial charge in [-0.2, -0.15) is 21.7 Å². The van der Waals surface area contributed by atoms with Crippen molar-refractivity contribution in [2.45, 2.75) is 37.0 Å². The summed E-state index contributed by atoms with van der Waals surface area (Å²) in [5.41, 5.74) is 11.8. The Morgan fingerprint density at radius 3 is 2.85 bits per heavy atom. The molecule has 1 saturated heterocycles. The number of hydrogen-bond acceptors (Lipinski definition) is 10. The monoisotopic (exact) mass is 418 g/mol. The van der Waals surface area contributed by atoms with Crippen LogP contribution in [0.5, 0.6) is 0 Å². The Bertz CT molecular complexity index is 838. The summed E-state index contributed by atoms with van der Waals surface area (Å²) < 4.78 is 7.23. The second-order valence-electron chi connectivity index (χ2n) is 6.06. The minimum absolute atomic E-state index is 0.0725. The van der Waals surface area contributed by atoms with Crippen molar-refractivity contribution in [3.05, 3.63) is 11.6 Å². The van der Waals surface area contributed by atoms with E-state index in [2.05, 4.69) is 15.0 Å². The number of aromatic nitrogens is 4. The van der Waals surface area contributed by atoms with Crippen LogP contribution in [0.3, 0.4) is 0 Å². The summed E-state index contributed by atoms with van der Waals surface area (Å²) in [4.78, 5) is 22.7. The van der Waals surface area contributed by atoms with Gasteiger partial charge in [0.25, 0.3) is 0 Å². The van der Waals surface area contributed by atoms with Gasteiger partial charge in [0.05, 0.1) is 12.4 Å². The van der Waals surface area contributed by atoms with E-state index in [1.54, 1.807) is 0 Å². The largest absolute Gasteiger partial charge is 0.480 e. The molecule has 0 bridgehead atoms. The minimum Gasteiger partial charge on any atom is -0.480 e. The van der Waals surface area contributed by atoms with Gasteiger partial charge in [-0.1, -0.05) is 0 Å². The number of nitrogens with zero attached hydrogens (tertiary/aromatic N) is 4. The first kappa shape index (κ1) is 20.0. The van der Waals surface area contributed by atoms with Gasteiger partial charge in [-0.15, -0.1) is 0 Å². The predicted molar refractivity (Wildman–Crippen MR) is 98.2 cm³/mol. The maximum atomic E-state index is 10.7. The first-order chi connectivity index (χ1) is 12.8. The van der Waals surface area contributed by atoms with Crippen molar-refractivity contribution < 1.29 is 24.9 Å². The van der Waals surface area contributed by atoms with Crippen molar-refractivity contribution in [2.75, 3.05) is 17.2 Å². The van der Waals surface area contributed by atoms with Gasteiger partial charge in [0, 0.05) is 5.75 Å². The molecule has 7 N–H and O–H groups in total. The Labute approximate surface area is 162 Å². The van der Waals surface area contributed by atoms with Gasteiger partial charge in [-0.25, -0.2) is 4.98 Å². The fraction of sp³-hybridized carbons (Fsp3) is 0.571. The number of nitrogen functional groups attached to an aromatic ring is 1. The highest BCUT2D eigenvalue weighted by atomic mass is 35.5. The van der Waals surface area contributed by atoms with Crippen LogP contribution in [0.25, 0.3) is 11.2 Å². The number of ether oxygens (including phenoxy) is 1. The molecule has 0 saturated carbocycles.